The Balaban J connectivity index is 1.68. The van der Waals surface area contributed by atoms with Gasteiger partial charge in [-0.25, -0.2) is 9.48 Å². The molecule has 0 atom stereocenters. The van der Waals surface area contributed by atoms with Crippen LogP contribution in [0.25, 0.3) is 5.69 Å². The molecule has 0 saturated heterocycles. The van der Waals surface area contributed by atoms with E-state index in [0.29, 0.717) is 32.8 Å². The number of nitrogens with zero attached hydrogens (tertiary/aromatic N) is 2. The Labute approximate surface area is 171 Å². The molecule has 0 aliphatic carbocycles. The van der Waals surface area contributed by atoms with E-state index in [4.69, 9.17) is 37.4 Å². The topological polar surface area (TPSA) is 62.6 Å². The lowest BCUT2D eigenvalue weighted by Crippen LogP contribution is -2.11. The summed E-state index contributed by atoms with van der Waals surface area (Å²) >= 11 is 12.1. The lowest BCUT2D eigenvalue weighted by molar-refractivity contribution is 0.0722. The molecule has 3 aromatic rings. The average Bonchev–Trinajstić information content (AvgIpc) is 3.30. The maximum atomic E-state index is 12.7. The Morgan fingerprint density at radius 2 is 1.86 bits per heavy atom. The molecule has 8 heteroatoms. The van der Waals surface area contributed by atoms with Crippen LogP contribution >= 0.6 is 23.2 Å². The molecule has 0 N–H and O–H groups in total. The van der Waals surface area contributed by atoms with E-state index in [9.17, 15) is 4.79 Å². The highest BCUT2D eigenvalue weighted by Gasteiger charge is 2.21. The first-order chi connectivity index (χ1) is 13.4. The Morgan fingerprint density at radius 3 is 2.61 bits per heavy atom. The van der Waals surface area contributed by atoms with Gasteiger partial charge in [-0.2, -0.15) is 5.10 Å². The van der Waals surface area contributed by atoms with Crippen LogP contribution in [0.15, 0.2) is 42.5 Å². The van der Waals surface area contributed by atoms with Gasteiger partial charge in [0.25, 0.3) is 0 Å². The minimum Gasteiger partial charge on any atom is -0.454 e. The van der Waals surface area contributed by atoms with E-state index in [1.54, 1.807) is 42.5 Å². The van der Waals surface area contributed by atoms with Crippen molar-refractivity contribution in [1.29, 1.82) is 0 Å². The Morgan fingerprint density at radius 1 is 1.07 bits per heavy atom. The van der Waals surface area contributed by atoms with Crippen LogP contribution in [0, 0.1) is 0 Å². The van der Waals surface area contributed by atoms with Crippen LogP contribution in [-0.2, 0) is 0 Å². The highest BCUT2D eigenvalue weighted by atomic mass is 35.5. The van der Waals surface area contributed by atoms with Crippen molar-refractivity contribution in [2.24, 2.45) is 0 Å². The van der Waals surface area contributed by atoms with Crippen molar-refractivity contribution in [3.05, 3.63) is 63.8 Å². The minimum absolute atomic E-state index is 0.135. The van der Waals surface area contributed by atoms with Crippen LogP contribution in [0.5, 0.6) is 17.4 Å². The first-order valence-electron chi connectivity index (χ1n) is 8.59. The molecule has 1 aromatic heterocycles. The van der Waals surface area contributed by atoms with Gasteiger partial charge in [-0.3, -0.25) is 0 Å². The van der Waals surface area contributed by atoms with Gasteiger partial charge in [-0.05, 0) is 42.3 Å². The third-order valence-electron chi connectivity index (χ3n) is 4.24. The van der Waals surface area contributed by atoms with Gasteiger partial charge < -0.3 is 14.2 Å². The van der Waals surface area contributed by atoms with Gasteiger partial charge in [0, 0.05) is 6.07 Å². The van der Waals surface area contributed by atoms with Crippen molar-refractivity contribution in [3.8, 4) is 23.1 Å². The minimum atomic E-state index is -0.533. The van der Waals surface area contributed by atoms with Gasteiger partial charge in [0.15, 0.2) is 11.5 Å². The van der Waals surface area contributed by atoms with E-state index in [-0.39, 0.29) is 18.6 Å². The van der Waals surface area contributed by atoms with Crippen LogP contribution in [0.3, 0.4) is 0 Å². The highest BCUT2D eigenvalue weighted by Crippen LogP contribution is 2.33. The van der Waals surface area contributed by atoms with E-state index in [1.807, 2.05) is 13.8 Å². The van der Waals surface area contributed by atoms with E-state index in [2.05, 4.69) is 5.10 Å². The monoisotopic (exact) mass is 418 g/mol. The lowest BCUT2D eigenvalue weighted by Gasteiger charge is -2.09. The molecule has 28 heavy (non-hydrogen) atoms. The number of halogens is 2. The van der Waals surface area contributed by atoms with Crippen molar-refractivity contribution < 1.29 is 19.0 Å². The summed E-state index contributed by atoms with van der Waals surface area (Å²) in [6, 6.07) is 11.7. The molecule has 6 nitrogen and oxygen atoms in total. The highest BCUT2D eigenvalue weighted by molar-refractivity contribution is 6.42. The smallest absolute Gasteiger partial charge is 0.344 e. The summed E-state index contributed by atoms with van der Waals surface area (Å²) in [7, 11) is 0. The van der Waals surface area contributed by atoms with Crippen LogP contribution in [0.4, 0.5) is 0 Å². The van der Waals surface area contributed by atoms with E-state index in [1.165, 1.54) is 4.68 Å². The fourth-order valence-electron chi connectivity index (χ4n) is 2.72. The van der Waals surface area contributed by atoms with Crippen molar-refractivity contribution >= 4 is 29.2 Å². The first-order valence-corrected chi connectivity index (χ1v) is 9.35. The quantitative estimate of drug-likeness (QED) is 0.541. The molecule has 0 spiro atoms. The number of hydrogen-bond donors (Lipinski definition) is 0. The number of carbonyl (C=O) groups excluding carboxylic acids is 1. The molecule has 0 saturated carbocycles. The van der Waals surface area contributed by atoms with Crippen molar-refractivity contribution in [3.63, 3.8) is 0 Å². The van der Waals surface area contributed by atoms with Crippen molar-refractivity contribution in [2.45, 2.75) is 19.8 Å². The molecule has 2 aromatic carbocycles. The predicted molar refractivity (Wildman–Crippen MR) is 105 cm³/mol. The molecule has 0 radical (unpaired) electrons. The zero-order chi connectivity index (χ0) is 19.8. The Kier molecular flexibility index (Phi) is 4.91. The summed E-state index contributed by atoms with van der Waals surface area (Å²) in [6.07, 6.45) is 0. The fraction of sp³-hybridized carbons (Fsp3) is 0.200. The third kappa shape index (κ3) is 3.53. The second-order valence-electron chi connectivity index (χ2n) is 6.53. The van der Waals surface area contributed by atoms with Crippen LogP contribution in [0.1, 0.15) is 35.8 Å². The second-order valence-corrected chi connectivity index (χ2v) is 7.34. The zero-order valence-corrected chi connectivity index (χ0v) is 16.6. The van der Waals surface area contributed by atoms with E-state index < -0.39 is 5.97 Å². The van der Waals surface area contributed by atoms with Gasteiger partial charge in [0.05, 0.1) is 27.0 Å². The maximum absolute atomic E-state index is 12.7. The van der Waals surface area contributed by atoms with Crippen molar-refractivity contribution in [2.75, 3.05) is 6.79 Å². The van der Waals surface area contributed by atoms with Crippen LogP contribution < -0.4 is 14.2 Å². The van der Waals surface area contributed by atoms with E-state index >= 15 is 0 Å². The summed E-state index contributed by atoms with van der Waals surface area (Å²) in [4.78, 5) is 12.7. The first kappa shape index (κ1) is 18.7. The molecule has 2 heterocycles. The molecular formula is C20H16Cl2N2O4. The second kappa shape index (κ2) is 7.37. The van der Waals surface area contributed by atoms with Crippen LogP contribution in [0.2, 0.25) is 10.0 Å². The predicted octanol–water partition coefficient (Wildman–Crippen LogP) is 5.25. The summed E-state index contributed by atoms with van der Waals surface area (Å²) in [5.41, 5.74) is 1.76. The molecule has 144 valence electrons. The Hall–Kier alpha value is -2.70. The molecule has 1 aliphatic heterocycles. The summed E-state index contributed by atoms with van der Waals surface area (Å²) in [6.45, 7) is 4.14. The Bertz CT molecular complexity index is 1060. The molecule has 0 bridgehead atoms. The number of rotatable bonds is 4. The third-order valence-corrected chi connectivity index (χ3v) is 4.98. The van der Waals surface area contributed by atoms with Gasteiger partial charge in [0.1, 0.15) is 0 Å². The van der Waals surface area contributed by atoms with E-state index in [0.717, 1.165) is 5.69 Å². The van der Waals surface area contributed by atoms with Crippen molar-refractivity contribution in [1.82, 2.24) is 9.78 Å². The van der Waals surface area contributed by atoms with Crippen LogP contribution in [-0.4, -0.2) is 22.5 Å². The molecule has 0 amide bonds. The number of hydrogen-bond acceptors (Lipinski definition) is 5. The van der Waals surface area contributed by atoms with Gasteiger partial charge in [-0.15, -0.1) is 0 Å². The number of ether oxygens (including phenoxy) is 3. The number of benzene rings is 2. The number of aromatic nitrogens is 2. The number of fused-ring (bicyclic) bond motifs is 1. The zero-order valence-electron chi connectivity index (χ0n) is 15.1. The molecule has 0 fully saturated rings. The number of esters is 1. The van der Waals surface area contributed by atoms with Gasteiger partial charge >= 0.3 is 5.97 Å². The maximum Gasteiger partial charge on any atom is 0.344 e. The van der Waals surface area contributed by atoms with Gasteiger partial charge in [0.2, 0.25) is 12.7 Å². The molecule has 1 aliphatic rings. The average molecular weight is 419 g/mol. The number of carbonyl (C=O) groups is 1. The molecule has 0 unspecified atom stereocenters. The lowest BCUT2D eigenvalue weighted by atomic mass is 10.1. The summed E-state index contributed by atoms with van der Waals surface area (Å²) < 4.78 is 17.8. The normalized spacial score (nSPS) is 12.5. The standard InChI is InChI=1S/C20H16Cl2N2O4/c1-11(2)16-9-19(24(23-16)13-4-5-14(21)15(22)8-13)28-20(25)12-3-6-17-18(7-12)27-10-26-17/h3-9,11H,10H2,1-2H3. The SMILES string of the molecule is CC(C)c1cc(OC(=O)c2ccc3c(c2)OCO3)n(-c2ccc(Cl)c(Cl)c2)n1. The fourth-order valence-corrected chi connectivity index (χ4v) is 3.01. The summed E-state index contributed by atoms with van der Waals surface area (Å²) in [5, 5.41) is 5.36. The molecular weight excluding hydrogens is 403 g/mol. The summed E-state index contributed by atoms with van der Waals surface area (Å²) in [5.74, 6) is 1.00. The molecule has 4 rings (SSSR count). The largest absolute Gasteiger partial charge is 0.454 e. The van der Waals surface area contributed by atoms with Gasteiger partial charge in [-0.1, -0.05) is 37.0 Å².